The summed E-state index contributed by atoms with van der Waals surface area (Å²) < 4.78 is 0. The van der Waals surface area contributed by atoms with Gasteiger partial charge in [0.2, 0.25) is 0 Å². The third-order valence-electron chi connectivity index (χ3n) is 2.38. The molecule has 2 rings (SSSR count). The zero-order valence-corrected chi connectivity index (χ0v) is 9.51. The number of hydrazone groups is 1. The highest BCUT2D eigenvalue weighted by atomic mass is 15.3. The van der Waals surface area contributed by atoms with E-state index in [4.69, 9.17) is 0 Å². The summed E-state index contributed by atoms with van der Waals surface area (Å²) in [6.07, 6.45) is 3.60. The Balaban J connectivity index is 2.07. The van der Waals surface area contributed by atoms with Gasteiger partial charge in [-0.25, -0.2) is 0 Å². The van der Waals surface area contributed by atoms with E-state index in [1.165, 1.54) is 0 Å². The summed E-state index contributed by atoms with van der Waals surface area (Å²) in [6, 6.07) is 17.9. The van der Waals surface area contributed by atoms with Crippen LogP contribution < -0.4 is 5.43 Å². The first-order valence-electron chi connectivity index (χ1n) is 5.46. The van der Waals surface area contributed by atoms with Crippen molar-refractivity contribution in [3.8, 4) is 0 Å². The minimum Gasteiger partial charge on any atom is -0.278 e. The molecule has 2 heteroatoms. The van der Waals surface area contributed by atoms with Gasteiger partial charge in [0.15, 0.2) is 0 Å². The van der Waals surface area contributed by atoms with Gasteiger partial charge in [0.1, 0.15) is 0 Å². The summed E-state index contributed by atoms with van der Waals surface area (Å²) in [5.41, 5.74) is 6.07. The zero-order valence-electron chi connectivity index (χ0n) is 9.51. The molecule has 0 fully saturated rings. The summed E-state index contributed by atoms with van der Waals surface area (Å²) in [6.45, 7) is 3.77. The van der Waals surface area contributed by atoms with Crippen molar-refractivity contribution in [1.29, 1.82) is 0 Å². The van der Waals surface area contributed by atoms with E-state index in [9.17, 15) is 0 Å². The molecule has 0 heterocycles. The van der Waals surface area contributed by atoms with Crippen LogP contribution in [0.3, 0.4) is 0 Å². The van der Waals surface area contributed by atoms with E-state index in [-0.39, 0.29) is 0 Å². The SMILES string of the molecule is C=Cc1ccccc1NN=Cc1ccccc1. The van der Waals surface area contributed by atoms with Gasteiger partial charge in [0.25, 0.3) is 0 Å². The number of nitrogens with zero attached hydrogens (tertiary/aromatic N) is 1. The van der Waals surface area contributed by atoms with Crippen molar-refractivity contribution in [2.24, 2.45) is 5.10 Å². The van der Waals surface area contributed by atoms with E-state index in [0.717, 1.165) is 16.8 Å². The zero-order chi connectivity index (χ0) is 11.9. The maximum atomic E-state index is 4.20. The highest BCUT2D eigenvalue weighted by Gasteiger charge is 1.94. The Morgan fingerprint density at radius 3 is 2.41 bits per heavy atom. The lowest BCUT2D eigenvalue weighted by atomic mass is 10.2. The number of anilines is 1. The molecule has 0 aliphatic heterocycles. The fraction of sp³-hybridized carbons (Fsp3) is 0. The molecule has 0 radical (unpaired) electrons. The van der Waals surface area contributed by atoms with E-state index in [2.05, 4.69) is 17.1 Å². The van der Waals surface area contributed by atoms with Crippen LogP contribution in [0.4, 0.5) is 5.69 Å². The Morgan fingerprint density at radius 2 is 1.65 bits per heavy atom. The van der Waals surface area contributed by atoms with E-state index in [1.54, 1.807) is 12.3 Å². The molecule has 0 saturated heterocycles. The fourth-order valence-electron chi connectivity index (χ4n) is 1.49. The van der Waals surface area contributed by atoms with Crippen LogP contribution in [-0.4, -0.2) is 6.21 Å². The van der Waals surface area contributed by atoms with Crippen molar-refractivity contribution in [1.82, 2.24) is 0 Å². The molecular formula is C15H14N2. The second kappa shape index (κ2) is 5.66. The minimum atomic E-state index is 0.953. The Kier molecular flexibility index (Phi) is 3.71. The molecule has 84 valence electrons. The second-order valence-electron chi connectivity index (χ2n) is 3.57. The molecule has 0 aromatic heterocycles. The summed E-state index contributed by atoms with van der Waals surface area (Å²) >= 11 is 0. The molecule has 0 aliphatic rings. The van der Waals surface area contributed by atoms with Gasteiger partial charge in [-0.1, -0.05) is 61.2 Å². The van der Waals surface area contributed by atoms with Crippen molar-refractivity contribution in [2.75, 3.05) is 5.43 Å². The van der Waals surface area contributed by atoms with Crippen LogP contribution >= 0.6 is 0 Å². The van der Waals surface area contributed by atoms with E-state index >= 15 is 0 Å². The van der Waals surface area contributed by atoms with E-state index < -0.39 is 0 Å². The number of nitrogens with one attached hydrogen (secondary N) is 1. The molecule has 0 saturated carbocycles. The molecule has 2 aromatic rings. The van der Waals surface area contributed by atoms with Crippen LogP contribution in [0.25, 0.3) is 6.08 Å². The molecule has 0 atom stereocenters. The molecule has 2 aromatic carbocycles. The van der Waals surface area contributed by atoms with E-state index in [1.807, 2.05) is 54.6 Å². The van der Waals surface area contributed by atoms with Gasteiger partial charge in [-0.05, 0) is 17.2 Å². The first-order chi connectivity index (χ1) is 8.40. The van der Waals surface area contributed by atoms with Gasteiger partial charge < -0.3 is 0 Å². The first-order valence-corrected chi connectivity index (χ1v) is 5.46. The van der Waals surface area contributed by atoms with Gasteiger partial charge in [-0.15, -0.1) is 0 Å². The van der Waals surface area contributed by atoms with Gasteiger partial charge in [-0.3, -0.25) is 5.43 Å². The molecule has 1 N–H and O–H groups in total. The van der Waals surface area contributed by atoms with Gasteiger partial charge >= 0.3 is 0 Å². The number of hydrogen-bond donors (Lipinski definition) is 1. The van der Waals surface area contributed by atoms with Crippen molar-refractivity contribution in [3.63, 3.8) is 0 Å². The lowest BCUT2D eigenvalue weighted by molar-refractivity contribution is 1.34. The summed E-state index contributed by atoms with van der Waals surface area (Å²) in [5, 5.41) is 4.20. The van der Waals surface area contributed by atoms with Gasteiger partial charge in [-0.2, -0.15) is 5.10 Å². The van der Waals surface area contributed by atoms with Gasteiger partial charge in [0, 0.05) is 0 Å². The normalized spacial score (nSPS) is 10.4. The predicted molar refractivity (Wildman–Crippen MR) is 74.2 cm³/mol. The summed E-state index contributed by atoms with van der Waals surface area (Å²) in [4.78, 5) is 0. The minimum absolute atomic E-state index is 0.953. The average Bonchev–Trinajstić information content (AvgIpc) is 2.40. The molecule has 2 nitrogen and oxygen atoms in total. The molecule has 0 amide bonds. The topological polar surface area (TPSA) is 24.4 Å². The molecule has 0 bridgehead atoms. The smallest absolute Gasteiger partial charge is 0.0633 e. The fourth-order valence-corrected chi connectivity index (χ4v) is 1.49. The Hall–Kier alpha value is -2.35. The Bertz CT molecular complexity index is 515. The summed E-state index contributed by atoms with van der Waals surface area (Å²) in [7, 11) is 0. The van der Waals surface area contributed by atoms with Crippen molar-refractivity contribution in [2.45, 2.75) is 0 Å². The third kappa shape index (κ3) is 3.05. The predicted octanol–water partition coefficient (Wildman–Crippen LogP) is 3.78. The lowest BCUT2D eigenvalue weighted by Crippen LogP contribution is -1.92. The van der Waals surface area contributed by atoms with Crippen molar-refractivity contribution < 1.29 is 0 Å². The van der Waals surface area contributed by atoms with E-state index in [0.29, 0.717) is 0 Å². The van der Waals surface area contributed by atoms with Crippen LogP contribution in [0.5, 0.6) is 0 Å². The first kappa shape index (κ1) is 11.1. The van der Waals surface area contributed by atoms with Crippen molar-refractivity contribution in [3.05, 3.63) is 72.3 Å². The Labute approximate surface area is 101 Å². The highest BCUT2D eigenvalue weighted by Crippen LogP contribution is 2.15. The largest absolute Gasteiger partial charge is 0.278 e. The highest BCUT2D eigenvalue weighted by molar-refractivity contribution is 5.80. The maximum absolute atomic E-state index is 4.20. The molecule has 17 heavy (non-hydrogen) atoms. The summed E-state index contributed by atoms with van der Waals surface area (Å²) in [5.74, 6) is 0. The second-order valence-corrected chi connectivity index (χ2v) is 3.57. The van der Waals surface area contributed by atoms with Crippen LogP contribution in [0.15, 0.2) is 66.3 Å². The molecular weight excluding hydrogens is 208 g/mol. The Morgan fingerprint density at radius 1 is 0.941 bits per heavy atom. The monoisotopic (exact) mass is 222 g/mol. The van der Waals surface area contributed by atoms with Crippen molar-refractivity contribution >= 4 is 18.0 Å². The quantitative estimate of drug-likeness (QED) is 0.618. The third-order valence-corrected chi connectivity index (χ3v) is 2.38. The van der Waals surface area contributed by atoms with Crippen LogP contribution in [0.1, 0.15) is 11.1 Å². The van der Waals surface area contributed by atoms with Crippen LogP contribution in [0, 0.1) is 0 Å². The average molecular weight is 222 g/mol. The standard InChI is InChI=1S/C15H14N2/c1-2-14-10-6-7-11-15(14)17-16-12-13-8-4-3-5-9-13/h2-12,17H,1H2. The number of benzene rings is 2. The molecule has 0 spiro atoms. The van der Waals surface area contributed by atoms with Crippen LogP contribution in [0.2, 0.25) is 0 Å². The lowest BCUT2D eigenvalue weighted by Gasteiger charge is -2.03. The number of hydrogen-bond acceptors (Lipinski definition) is 2. The van der Waals surface area contributed by atoms with Crippen LogP contribution in [-0.2, 0) is 0 Å². The molecule has 0 aliphatic carbocycles. The molecule has 0 unspecified atom stereocenters. The maximum Gasteiger partial charge on any atom is 0.0633 e. The number of rotatable bonds is 4. The number of para-hydroxylation sites is 1. The van der Waals surface area contributed by atoms with Gasteiger partial charge in [0.05, 0.1) is 11.9 Å².